The maximum Gasteiger partial charge on any atom is 2.00 e. The Bertz CT molecular complexity index is 21.2. The van der Waals surface area contributed by atoms with Crippen LogP contribution in [0, 0.1) is 0 Å². The van der Waals surface area contributed by atoms with Crippen molar-refractivity contribution in [2.45, 2.75) is 0 Å². The zero-order valence-corrected chi connectivity index (χ0v) is 13.2. The Morgan fingerprint density at radius 1 is 0.750 bits per heavy atom. The molecule has 42 valence electrons. The summed E-state index contributed by atoms with van der Waals surface area (Å²) in [5.41, 5.74) is 0. The second kappa shape index (κ2) is 72.0. The first-order chi connectivity index (χ1) is 0. The van der Waals surface area contributed by atoms with Crippen molar-refractivity contribution < 1.29 is 105 Å². The minimum Gasteiger partial charge on any atom is -1.00 e. The third-order valence-corrected chi connectivity index (χ3v) is 0. The molecule has 8 heavy (non-hydrogen) atoms. The van der Waals surface area contributed by atoms with E-state index in [1.165, 1.54) is 0 Å². The van der Waals surface area contributed by atoms with Gasteiger partial charge in [0.05, 0.1) is 0 Å². The van der Waals surface area contributed by atoms with Gasteiger partial charge in [-0.3, -0.25) is 0 Å². The standard InChI is InChI=1S/Ca.Mo.2Na.4H2O.2H/h;;;;4*1H2;;/q+2;;2*+1;;;;;2*-1/p-2. The third kappa shape index (κ3) is 52.7. The summed E-state index contributed by atoms with van der Waals surface area (Å²) in [7, 11) is 0. The van der Waals surface area contributed by atoms with Crippen molar-refractivity contribution in [2.75, 3.05) is 0 Å². The molecule has 0 saturated heterocycles. The molecule has 0 heterocycles. The van der Waals surface area contributed by atoms with Crippen LogP contribution in [0.3, 0.4) is 0 Å². The van der Waals surface area contributed by atoms with Crippen molar-refractivity contribution in [2.24, 2.45) is 0 Å². The molecule has 0 aromatic rings. The quantitative estimate of drug-likeness (QED) is 0.398. The van der Waals surface area contributed by atoms with E-state index in [-0.39, 0.29) is 143 Å². The molecule has 0 spiro atoms. The molecular weight excluding hydrogens is 246 g/mol. The molecule has 0 aliphatic rings. The molecule has 6 N–H and O–H groups in total. The number of rotatable bonds is 0. The summed E-state index contributed by atoms with van der Waals surface area (Å²) < 4.78 is 0. The molecule has 0 aliphatic heterocycles. The van der Waals surface area contributed by atoms with E-state index in [2.05, 4.69) is 0 Å². The van der Waals surface area contributed by atoms with Gasteiger partial charge in [0.25, 0.3) is 0 Å². The van der Waals surface area contributed by atoms with Gasteiger partial charge in [0.15, 0.2) is 0 Å². The summed E-state index contributed by atoms with van der Waals surface area (Å²) in [6, 6.07) is 0. The first-order valence-corrected chi connectivity index (χ1v) is 0. The Kier molecular flexibility index (Phi) is 861. The van der Waals surface area contributed by atoms with Gasteiger partial charge in [-0.1, -0.05) is 0 Å². The largest absolute Gasteiger partial charge is 2.00 e. The summed E-state index contributed by atoms with van der Waals surface area (Å²) in [5.74, 6) is 0. The molecule has 4 nitrogen and oxygen atoms in total. The van der Waals surface area contributed by atoms with Gasteiger partial charge in [-0.25, -0.2) is 0 Å². The number of hydrogen-bond acceptors (Lipinski definition) is 2. The van der Waals surface area contributed by atoms with E-state index >= 15 is 0 Å². The minimum absolute atomic E-state index is 0. The van der Waals surface area contributed by atoms with Gasteiger partial charge in [0, 0.05) is 21.1 Å². The van der Waals surface area contributed by atoms with Crippen molar-refractivity contribution in [3.8, 4) is 0 Å². The second-order valence-electron chi connectivity index (χ2n) is 0. The van der Waals surface area contributed by atoms with Gasteiger partial charge in [0.2, 0.25) is 0 Å². The summed E-state index contributed by atoms with van der Waals surface area (Å²) >= 11 is 0. The van der Waals surface area contributed by atoms with E-state index in [1.807, 2.05) is 0 Å². The Balaban J connectivity index is 0. The van der Waals surface area contributed by atoms with E-state index in [1.54, 1.807) is 0 Å². The molecular formula is H8CaMoNa2O4. The smallest absolute Gasteiger partial charge is 1.00 e. The molecule has 0 aromatic heterocycles. The Morgan fingerprint density at radius 2 is 0.750 bits per heavy atom. The molecule has 8 heteroatoms. The molecule has 0 fully saturated rings. The van der Waals surface area contributed by atoms with Crippen LogP contribution in [0.2, 0.25) is 0 Å². The van der Waals surface area contributed by atoms with Crippen molar-refractivity contribution in [1.82, 2.24) is 0 Å². The van der Waals surface area contributed by atoms with E-state index in [0.717, 1.165) is 0 Å². The van der Waals surface area contributed by atoms with Gasteiger partial charge < -0.3 is 24.8 Å². The summed E-state index contributed by atoms with van der Waals surface area (Å²) in [4.78, 5) is 0. The van der Waals surface area contributed by atoms with E-state index in [0.29, 0.717) is 0 Å². The van der Waals surface area contributed by atoms with E-state index in [4.69, 9.17) is 0 Å². The average molecular weight is 254 g/mol. The zero-order chi connectivity index (χ0) is 0. The maximum atomic E-state index is 0. The van der Waals surface area contributed by atoms with Crippen LogP contribution in [-0.2, 0) is 21.1 Å². The Morgan fingerprint density at radius 3 is 0.750 bits per heavy atom. The third-order valence-electron chi connectivity index (χ3n) is 0. The summed E-state index contributed by atoms with van der Waals surface area (Å²) in [5, 5.41) is 0. The molecule has 0 unspecified atom stereocenters. The molecule has 0 rings (SSSR count). The molecule has 0 radical (unpaired) electrons. The minimum atomic E-state index is 0. The van der Waals surface area contributed by atoms with Crippen LogP contribution >= 0.6 is 0 Å². The van der Waals surface area contributed by atoms with E-state index < -0.39 is 0 Å². The van der Waals surface area contributed by atoms with Crippen LogP contribution in [0.4, 0.5) is 0 Å². The fourth-order valence-electron chi connectivity index (χ4n) is 0. The van der Waals surface area contributed by atoms with Crippen LogP contribution in [0.1, 0.15) is 2.85 Å². The van der Waals surface area contributed by atoms with Crippen LogP contribution in [0.25, 0.3) is 0 Å². The number of hydrogen-bond donors (Lipinski definition) is 0. The van der Waals surface area contributed by atoms with Crippen molar-refractivity contribution in [3.63, 3.8) is 0 Å². The van der Waals surface area contributed by atoms with Crippen molar-refractivity contribution >= 4 is 37.7 Å². The van der Waals surface area contributed by atoms with Crippen LogP contribution in [-0.4, -0.2) is 59.6 Å². The van der Waals surface area contributed by atoms with E-state index in [9.17, 15) is 0 Å². The van der Waals surface area contributed by atoms with Gasteiger partial charge in [0.1, 0.15) is 0 Å². The summed E-state index contributed by atoms with van der Waals surface area (Å²) in [6.07, 6.45) is 0. The molecule has 0 amide bonds. The van der Waals surface area contributed by atoms with Gasteiger partial charge in [-0.05, 0) is 0 Å². The molecule has 0 aromatic carbocycles. The topological polar surface area (TPSA) is 123 Å². The SMILES string of the molecule is O.O.[Ca+2].[H-].[H-].[Mo].[Na+].[Na+].[OH-].[OH-]. The van der Waals surface area contributed by atoms with Crippen molar-refractivity contribution in [1.29, 1.82) is 0 Å². The summed E-state index contributed by atoms with van der Waals surface area (Å²) in [6.45, 7) is 0. The van der Waals surface area contributed by atoms with Crippen LogP contribution < -0.4 is 59.1 Å². The first kappa shape index (κ1) is 95.6. The molecule has 0 bridgehead atoms. The van der Waals surface area contributed by atoms with Crippen LogP contribution in [0.15, 0.2) is 0 Å². The molecule has 0 aliphatic carbocycles. The fraction of sp³-hybridized carbons (Fsp3) is 0. The van der Waals surface area contributed by atoms with Crippen molar-refractivity contribution in [3.05, 3.63) is 0 Å². The Labute approximate surface area is 140 Å². The predicted molar refractivity (Wildman–Crippen MR) is 19.1 cm³/mol. The monoisotopic (exact) mass is 256 g/mol. The fourth-order valence-corrected chi connectivity index (χ4v) is 0. The predicted octanol–water partition coefficient (Wildman–Crippen LogP) is -8.15. The maximum absolute atomic E-state index is 0. The normalized spacial score (nSPS) is 0. The second-order valence-corrected chi connectivity index (χ2v) is 0. The molecule has 0 saturated carbocycles. The first-order valence-electron chi connectivity index (χ1n) is 0. The average Bonchev–Trinajstić information content (AvgIpc) is 0. The molecule has 0 atom stereocenters. The van der Waals surface area contributed by atoms with Crippen LogP contribution in [0.5, 0.6) is 0 Å². The van der Waals surface area contributed by atoms with Gasteiger partial charge in [-0.2, -0.15) is 0 Å². The Hall–Kier alpha value is 3.79. The zero-order valence-electron chi connectivity index (χ0n) is 7.01. The van der Waals surface area contributed by atoms with Gasteiger partial charge >= 0.3 is 96.9 Å². The van der Waals surface area contributed by atoms with Gasteiger partial charge in [-0.15, -0.1) is 0 Å².